The van der Waals surface area contributed by atoms with Gasteiger partial charge in [0, 0.05) is 15.7 Å². The van der Waals surface area contributed by atoms with Crippen molar-refractivity contribution < 1.29 is 0 Å². The Balaban J connectivity index is 1.70. The van der Waals surface area contributed by atoms with Crippen LogP contribution in [0, 0.1) is 6.92 Å². The molecule has 6 heteroatoms. The second kappa shape index (κ2) is 10.0. The van der Waals surface area contributed by atoms with E-state index in [0.29, 0.717) is 5.02 Å². The molecule has 0 amide bonds. The Morgan fingerprint density at radius 3 is 2.52 bits per heavy atom. The zero-order valence-electron chi connectivity index (χ0n) is 17.7. The Bertz CT molecular complexity index is 1230. The number of hydrogen-bond donors (Lipinski definition) is 0. The summed E-state index contributed by atoms with van der Waals surface area (Å²) < 4.78 is 1.75. The summed E-state index contributed by atoms with van der Waals surface area (Å²) in [5.74, 6) is 0.895. The summed E-state index contributed by atoms with van der Waals surface area (Å²) in [6, 6.07) is 17.9. The van der Waals surface area contributed by atoms with Crippen molar-refractivity contribution in [1.82, 2.24) is 9.55 Å². The van der Waals surface area contributed by atoms with Gasteiger partial charge in [-0.05, 0) is 61.6 Å². The van der Waals surface area contributed by atoms with Crippen LogP contribution in [-0.4, -0.2) is 15.3 Å². The topological polar surface area (TPSA) is 34.9 Å². The number of halogens is 1. The smallest absolute Gasteiger partial charge is 0.267 e. The molecule has 0 unspecified atom stereocenters. The molecule has 31 heavy (non-hydrogen) atoms. The van der Waals surface area contributed by atoms with Gasteiger partial charge in [-0.25, -0.2) is 4.98 Å². The van der Waals surface area contributed by atoms with Crippen molar-refractivity contribution in [2.75, 3.05) is 5.75 Å². The van der Waals surface area contributed by atoms with Crippen LogP contribution in [0.2, 0.25) is 5.02 Å². The molecular weight excluding hydrogens is 444 g/mol. The highest BCUT2D eigenvalue weighted by atomic mass is 35.5. The van der Waals surface area contributed by atoms with Crippen LogP contribution in [0.3, 0.4) is 0 Å². The number of aryl methyl sites for hydroxylation is 3. The van der Waals surface area contributed by atoms with Crippen molar-refractivity contribution in [3.63, 3.8) is 0 Å². The summed E-state index contributed by atoms with van der Waals surface area (Å²) in [6.07, 6.45) is 4.07. The van der Waals surface area contributed by atoms with E-state index >= 15 is 0 Å². The highest BCUT2D eigenvalue weighted by molar-refractivity contribution is 7.99. The zero-order chi connectivity index (χ0) is 21.8. The minimum absolute atomic E-state index is 0.00832. The Morgan fingerprint density at radius 1 is 1.06 bits per heavy atom. The SMILES string of the molecule is CCCc1sc2nc(SCCCc3ccccc3)n(-c3ccc(Cl)cc3)c(=O)c2c1C. The van der Waals surface area contributed by atoms with Crippen LogP contribution in [0.1, 0.15) is 35.8 Å². The Morgan fingerprint density at radius 2 is 1.81 bits per heavy atom. The van der Waals surface area contributed by atoms with E-state index in [0.717, 1.165) is 58.1 Å². The first kappa shape index (κ1) is 22.1. The number of hydrogen-bond acceptors (Lipinski definition) is 4. The Kier molecular flexibility index (Phi) is 7.16. The molecule has 0 aliphatic heterocycles. The monoisotopic (exact) mass is 468 g/mol. The lowest BCUT2D eigenvalue weighted by Crippen LogP contribution is -2.21. The molecular formula is C25H25ClN2OS2. The van der Waals surface area contributed by atoms with E-state index in [1.54, 1.807) is 27.7 Å². The van der Waals surface area contributed by atoms with Crippen molar-refractivity contribution in [3.05, 3.63) is 86.0 Å². The van der Waals surface area contributed by atoms with Crippen LogP contribution in [0.15, 0.2) is 64.5 Å². The molecule has 0 aliphatic carbocycles. The second-order valence-electron chi connectivity index (χ2n) is 7.53. The lowest BCUT2D eigenvalue weighted by Gasteiger charge is -2.12. The molecule has 4 rings (SSSR count). The Labute approximate surface area is 196 Å². The van der Waals surface area contributed by atoms with E-state index in [1.165, 1.54) is 10.4 Å². The average molecular weight is 469 g/mol. The summed E-state index contributed by atoms with van der Waals surface area (Å²) in [7, 11) is 0. The van der Waals surface area contributed by atoms with E-state index in [4.69, 9.17) is 16.6 Å². The number of nitrogens with zero attached hydrogens (tertiary/aromatic N) is 2. The van der Waals surface area contributed by atoms with E-state index in [2.05, 4.69) is 31.2 Å². The summed E-state index contributed by atoms with van der Waals surface area (Å²) >= 11 is 9.40. The molecule has 0 spiro atoms. The van der Waals surface area contributed by atoms with E-state index in [-0.39, 0.29) is 5.56 Å². The molecule has 3 nitrogen and oxygen atoms in total. The van der Waals surface area contributed by atoms with E-state index in [1.807, 2.05) is 37.3 Å². The number of thiophene rings is 1. The van der Waals surface area contributed by atoms with Crippen LogP contribution >= 0.6 is 34.7 Å². The predicted molar refractivity (Wildman–Crippen MR) is 134 cm³/mol. The summed E-state index contributed by atoms with van der Waals surface area (Å²) in [5.41, 5.74) is 3.22. The van der Waals surface area contributed by atoms with Crippen LogP contribution < -0.4 is 5.56 Å². The fraction of sp³-hybridized carbons (Fsp3) is 0.280. The van der Waals surface area contributed by atoms with Gasteiger partial charge in [-0.3, -0.25) is 9.36 Å². The van der Waals surface area contributed by atoms with Gasteiger partial charge in [0.1, 0.15) is 4.83 Å². The van der Waals surface area contributed by atoms with Crippen LogP contribution in [0.5, 0.6) is 0 Å². The fourth-order valence-electron chi connectivity index (χ4n) is 3.67. The molecule has 160 valence electrons. The first-order valence-electron chi connectivity index (χ1n) is 10.6. The molecule has 0 saturated carbocycles. The number of benzene rings is 2. The van der Waals surface area contributed by atoms with Crippen LogP contribution in [-0.2, 0) is 12.8 Å². The average Bonchev–Trinajstić information content (AvgIpc) is 3.09. The third-order valence-electron chi connectivity index (χ3n) is 5.28. The van der Waals surface area contributed by atoms with Crippen molar-refractivity contribution in [2.45, 2.75) is 44.7 Å². The van der Waals surface area contributed by atoms with Gasteiger partial charge >= 0.3 is 0 Å². The van der Waals surface area contributed by atoms with Gasteiger partial charge in [0.25, 0.3) is 5.56 Å². The molecule has 2 aromatic carbocycles. The highest BCUT2D eigenvalue weighted by Crippen LogP contribution is 2.31. The van der Waals surface area contributed by atoms with Gasteiger partial charge in [0.05, 0.1) is 11.1 Å². The predicted octanol–water partition coefficient (Wildman–Crippen LogP) is 7.09. The van der Waals surface area contributed by atoms with Gasteiger partial charge in [-0.1, -0.05) is 67.0 Å². The molecule has 0 radical (unpaired) electrons. The number of thioether (sulfide) groups is 1. The Hall–Kier alpha value is -2.08. The van der Waals surface area contributed by atoms with Crippen molar-refractivity contribution in [1.29, 1.82) is 0 Å². The first-order chi connectivity index (χ1) is 15.1. The lowest BCUT2D eigenvalue weighted by atomic mass is 10.1. The molecule has 2 aromatic heterocycles. The molecule has 2 heterocycles. The van der Waals surface area contributed by atoms with Gasteiger partial charge in [0.2, 0.25) is 0 Å². The third kappa shape index (κ3) is 4.89. The van der Waals surface area contributed by atoms with Gasteiger partial charge in [-0.2, -0.15) is 0 Å². The number of fused-ring (bicyclic) bond motifs is 1. The number of rotatable bonds is 8. The van der Waals surface area contributed by atoms with Gasteiger partial charge in [0.15, 0.2) is 5.16 Å². The van der Waals surface area contributed by atoms with Gasteiger partial charge < -0.3 is 0 Å². The second-order valence-corrected chi connectivity index (χ2v) is 10.1. The van der Waals surface area contributed by atoms with Crippen molar-refractivity contribution in [2.24, 2.45) is 0 Å². The molecule has 4 aromatic rings. The first-order valence-corrected chi connectivity index (χ1v) is 12.7. The lowest BCUT2D eigenvalue weighted by molar-refractivity contribution is 0.818. The summed E-state index contributed by atoms with van der Waals surface area (Å²) in [4.78, 5) is 20.7. The quantitative estimate of drug-likeness (QED) is 0.157. The van der Waals surface area contributed by atoms with E-state index < -0.39 is 0 Å². The molecule has 0 aliphatic rings. The van der Waals surface area contributed by atoms with Crippen molar-refractivity contribution in [3.8, 4) is 5.69 Å². The summed E-state index contributed by atoms with van der Waals surface area (Å²) in [5, 5.41) is 2.15. The van der Waals surface area contributed by atoms with Crippen molar-refractivity contribution >= 4 is 44.9 Å². The maximum absolute atomic E-state index is 13.6. The minimum atomic E-state index is 0.00832. The molecule has 0 N–H and O–H groups in total. The summed E-state index contributed by atoms with van der Waals surface area (Å²) in [6.45, 7) is 4.21. The fourth-order valence-corrected chi connectivity index (χ4v) is 6.07. The number of aromatic nitrogens is 2. The largest absolute Gasteiger partial charge is 0.268 e. The molecule has 0 fully saturated rings. The molecule has 0 bridgehead atoms. The normalized spacial score (nSPS) is 11.3. The van der Waals surface area contributed by atoms with Gasteiger partial charge in [-0.15, -0.1) is 11.3 Å². The highest BCUT2D eigenvalue weighted by Gasteiger charge is 2.19. The minimum Gasteiger partial charge on any atom is -0.268 e. The maximum Gasteiger partial charge on any atom is 0.267 e. The van der Waals surface area contributed by atoms with Crippen LogP contribution in [0.4, 0.5) is 0 Å². The van der Waals surface area contributed by atoms with E-state index in [9.17, 15) is 4.79 Å². The maximum atomic E-state index is 13.6. The molecule has 0 atom stereocenters. The third-order valence-corrected chi connectivity index (χ3v) is 7.80. The zero-order valence-corrected chi connectivity index (χ0v) is 20.1. The van der Waals surface area contributed by atoms with Crippen LogP contribution in [0.25, 0.3) is 15.9 Å². The standard InChI is InChI=1S/C25H25ClN2OS2/c1-3-8-21-17(2)22-23(31-21)27-25(30-16-7-11-18-9-5-4-6-10-18)28(24(22)29)20-14-12-19(26)13-15-20/h4-6,9-10,12-15H,3,7-8,11,16H2,1-2H3. The molecule has 0 saturated heterocycles.